The van der Waals surface area contributed by atoms with Gasteiger partial charge in [-0.1, -0.05) is 48.5 Å². The van der Waals surface area contributed by atoms with E-state index < -0.39 is 19.1 Å². The van der Waals surface area contributed by atoms with E-state index in [0.717, 1.165) is 5.56 Å². The average Bonchev–Trinajstić information content (AvgIpc) is 3.15. The van der Waals surface area contributed by atoms with Crippen LogP contribution < -0.4 is 14.8 Å². The van der Waals surface area contributed by atoms with Gasteiger partial charge in [0, 0.05) is 27.9 Å². The van der Waals surface area contributed by atoms with Crippen LogP contribution in [-0.2, 0) is 6.61 Å². The lowest BCUT2D eigenvalue weighted by Crippen LogP contribution is -2.19. The smallest absolute Gasteiger partial charge is 0.272 e. The molecule has 0 aromatic heterocycles. The number of benzene rings is 2. The van der Waals surface area contributed by atoms with Crippen molar-refractivity contribution in [1.29, 1.82) is 0 Å². The number of rotatable bonds is 9. The van der Waals surface area contributed by atoms with Gasteiger partial charge in [-0.2, -0.15) is 0 Å². The van der Waals surface area contributed by atoms with Gasteiger partial charge in [-0.15, -0.1) is 0 Å². The summed E-state index contributed by atoms with van der Waals surface area (Å²) in [5.41, 5.74) is 2.02. The van der Waals surface area contributed by atoms with Crippen molar-refractivity contribution in [2.45, 2.75) is 26.1 Å². The van der Waals surface area contributed by atoms with Gasteiger partial charge >= 0.3 is 0 Å². The van der Waals surface area contributed by atoms with Gasteiger partial charge in [0.15, 0.2) is 11.5 Å². The number of hydrogen-bond acceptors (Lipinski definition) is 5. The van der Waals surface area contributed by atoms with Gasteiger partial charge in [0.25, 0.3) is 6.43 Å². The highest BCUT2D eigenvalue weighted by atomic mass is 35.5. The lowest BCUT2D eigenvalue weighted by atomic mass is 9.96. The van der Waals surface area contributed by atoms with Crippen LogP contribution in [0, 0.1) is 0 Å². The second-order valence-electron chi connectivity index (χ2n) is 6.88. The molecule has 1 atom stereocenters. The van der Waals surface area contributed by atoms with Crippen LogP contribution in [0.1, 0.15) is 24.2 Å². The van der Waals surface area contributed by atoms with E-state index in [9.17, 15) is 13.9 Å². The van der Waals surface area contributed by atoms with Gasteiger partial charge in [0.2, 0.25) is 0 Å². The predicted molar refractivity (Wildman–Crippen MR) is 121 cm³/mol. The van der Waals surface area contributed by atoms with E-state index in [4.69, 9.17) is 21.1 Å². The summed E-state index contributed by atoms with van der Waals surface area (Å²) in [5, 5.41) is 14.6. The average molecular weight is 461 g/mol. The molecule has 2 aromatic rings. The number of nitrogens with one attached hydrogen (secondary N) is 1. The molecule has 0 radical (unpaired) electrons. The van der Waals surface area contributed by atoms with Gasteiger partial charge in [-0.05, 0) is 36.9 Å². The maximum atomic E-state index is 12.9. The molecule has 5 nitrogen and oxygen atoms in total. The van der Waals surface area contributed by atoms with Crippen LogP contribution in [0.4, 0.5) is 8.78 Å². The Bertz CT molecular complexity index is 1050. The highest BCUT2D eigenvalue weighted by Gasteiger charge is 2.27. The molecular weight excluding hydrogens is 438 g/mol. The molecule has 8 heteroatoms. The first-order valence-electron chi connectivity index (χ1n) is 9.85. The molecular formula is C24H23ClF2N2O3. The van der Waals surface area contributed by atoms with Gasteiger partial charge in [0.05, 0.1) is 0 Å². The number of halogens is 3. The molecule has 3 rings (SSSR count). The zero-order valence-corrected chi connectivity index (χ0v) is 18.2. The fourth-order valence-electron chi connectivity index (χ4n) is 3.02. The molecule has 0 aliphatic carbocycles. The summed E-state index contributed by atoms with van der Waals surface area (Å²) in [4.78, 5) is 4.22. The minimum atomic E-state index is -2.69. The number of allylic oxidation sites excluding steroid dienone is 1. The number of amidine groups is 1. The molecule has 1 aliphatic heterocycles. The van der Waals surface area contributed by atoms with E-state index in [0.29, 0.717) is 22.0 Å². The van der Waals surface area contributed by atoms with Crippen LogP contribution in [0.2, 0.25) is 5.02 Å². The molecule has 2 aromatic carbocycles. The molecule has 32 heavy (non-hydrogen) atoms. The van der Waals surface area contributed by atoms with Crippen LogP contribution in [0.5, 0.6) is 11.5 Å². The van der Waals surface area contributed by atoms with Crippen molar-refractivity contribution in [1.82, 2.24) is 5.32 Å². The molecule has 0 saturated heterocycles. The molecule has 168 valence electrons. The van der Waals surface area contributed by atoms with Gasteiger partial charge in [-0.3, -0.25) is 0 Å². The number of para-hydroxylation sites is 1. The number of aliphatic hydroxyl groups excluding tert-OH is 1. The molecule has 1 aliphatic rings. The Labute approximate surface area is 190 Å². The number of nitrogens with zero attached hydrogens (tertiary/aromatic N) is 1. The number of aliphatic imine (C=N–C) groups is 1. The molecule has 1 heterocycles. The van der Waals surface area contributed by atoms with E-state index in [1.54, 1.807) is 54.7 Å². The molecule has 1 unspecified atom stereocenters. The minimum absolute atomic E-state index is 0.0397. The first-order chi connectivity index (χ1) is 15.4. The largest absolute Gasteiger partial charge is 0.485 e. The predicted octanol–water partition coefficient (Wildman–Crippen LogP) is 5.57. The Kier molecular flexibility index (Phi) is 8.03. The van der Waals surface area contributed by atoms with Gasteiger partial charge in [0.1, 0.15) is 25.2 Å². The third-order valence-corrected chi connectivity index (χ3v) is 4.87. The molecule has 0 fully saturated rings. The van der Waals surface area contributed by atoms with E-state index in [2.05, 4.69) is 16.9 Å². The Morgan fingerprint density at radius 2 is 1.94 bits per heavy atom. The Morgan fingerprint density at radius 1 is 1.19 bits per heavy atom. The third-order valence-electron chi connectivity index (χ3n) is 4.61. The van der Waals surface area contributed by atoms with Crippen molar-refractivity contribution in [2.24, 2.45) is 4.99 Å². The lowest BCUT2D eigenvalue weighted by Gasteiger charge is -2.21. The fourth-order valence-corrected chi connectivity index (χ4v) is 3.15. The summed E-state index contributed by atoms with van der Waals surface area (Å²) in [6.07, 6.45) is 1.07. The van der Waals surface area contributed by atoms with Crippen molar-refractivity contribution >= 4 is 17.4 Å². The van der Waals surface area contributed by atoms with Crippen molar-refractivity contribution in [3.05, 3.63) is 94.8 Å². The molecule has 0 bridgehead atoms. The lowest BCUT2D eigenvalue weighted by molar-refractivity contribution is 0.0775. The number of hydrogen-bond donors (Lipinski definition) is 2. The first-order valence-corrected chi connectivity index (χ1v) is 10.2. The Balaban J connectivity index is 1.85. The number of aliphatic hydroxyl groups is 1. The standard InChI is InChI=1S/C24H23ClF2N2O3/c1-3-11-28-24-15(2)19(12-29-24)22(30)18-5-4-6-20(23(18)32-14-21(26)27)31-13-16-7-9-17(25)10-8-16/h3-12,21-22,30H,2,13-14H2,1H3,(H,28,29)/b11-3-. The van der Waals surface area contributed by atoms with E-state index in [1.807, 2.05) is 6.92 Å². The Hall–Kier alpha value is -3.16. The monoisotopic (exact) mass is 460 g/mol. The summed E-state index contributed by atoms with van der Waals surface area (Å²) >= 11 is 5.90. The van der Waals surface area contributed by atoms with Crippen LogP contribution in [-0.4, -0.2) is 24.0 Å². The van der Waals surface area contributed by atoms with Gasteiger partial charge < -0.3 is 19.9 Å². The summed E-state index contributed by atoms with van der Waals surface area (Å²) in [6.45, 7) is 5.13. The fraction of sp³-hybridized carbons (Fsp3) is 0.208. The number of ether oxygens (including phenoxy) is 2. The SMILES string of the molecule is C=C1C(C(O)c2cccc(OCc3ccc(Cl)cc3)c2OCC(F)F)=CN=C1N/C=C\C. The highest BCUT2D eigenvalue weighted by Crippen LogP contribution is 2.40. The van der Waals surface area contributed by atoms with Crippen LogP contribution in [0.25, 0.3) is 0 Å². The Morgan fingerprint density at radius 3 is 2.62 bits per heavy atom. The second kappa shape index (κ2) is 10.9. The van der Waals surface area contributed by atoms with Crippen molar-refractivity contribution in [3.8, 4) is 11.5 Å². The summed E-state index contributed by atoms with van der Waals surface area (Å²) < 4.78 is 37.0. The maximum absolute atomic E-state index is 12.9. The maximum Gasteiger partial charge on any atom is 0.272 e. The summed E-state index contributed by atoms with van der Waals surface area (Å²) in [5.74, 6) is 0.759. The van der Waals surface area contributed by atoms with Crippen molar-refractivity contribution in [3.63, 3.8) is 0 Å². The van der Waals surface area contributed by atoms with E-state index in [1.165, 1.54) is 6.20 Å². The first kappa shape index (κ1) is 23.5. The topological polar surface area (TPSA) is 63.1 Å². The van der Waals surface area contributed by atoms with Crippen molar-refractivity contribution in [2.75, 3.05) is 6.61 Å². The van der Waals surface area contributed by atoms with Crippen LogP contribution in [0.15, 0.2) is 83.7 Å². The van der Waals surface area contributed by atoms with Crippen LogP contribution >= 0.6 is 11.6 Å². The normalized spacial score (nSPS) is 14.5. The number of alkyl halides is 2. The van der Waals surface area contributed by atoms with Crippen LogP contribution in [0.3, 0.4) is 0 Å². The van der Waals surface area contributed by atoms with Gasteiger partial charge in [-0.25, -0.2) is 13.8 Å². The zero-order chi connectivity index (χ0) is 23.1. The summed E-state index contributed by atoms with van der Waals surface area (Å²) in [7, 11) is 0. The van der Waals surface area contributed by atoms with E-state index in [-0.39, 0.29) is 23.7 Å². The van der Waals surface area contributed by atoms with Crippen molar-refractivity contribution < 1.29 is 23.4 Å². The minimum Gasteiger partial charge on any atom is -0.485 e. The van der Waals surface area contributed by atoms with E-state index >= 15 is 0 Å². The molecule has 2 N–H and O–H groups in total. The third kappa shape index (κ3) is 5.75. The molecule has 0 amide bonds. The summed E-state index contributed by atoms with van der Waals surface area (Å²) in [6, 6.07) is 11.9. The zero-order valence-electron chi connectivity index (χ0n) is 17.4. The molecule has 0 spiro atoms. The second-order valence-corrected chi connectivity index (χ2v) is 7.32. The molecule has 0 saturated carbocycles. The highest BCUT2D eigenvalue weighted by molar-refractivity contribution is 6.30. The quantitative estimate of drug-likeness (QED) is 0.513.